The first-order valence-electron chi connectivity index (χ1n) is 8.90. The van der Waals surface area contributed by atoms with E-state index in [1.165, 1.54) is 0 Å². The molecule has 0 radical (unpaired) electrons. The molecule has 1 aliphatic heterocycles. The van der Waals surface area contributed by atoms with Crippen LogP contribution >= 0.6 is 0 Å². The van der Waals surface area contributed by atoms with E-state index >= 15 is 0 Å². The minimum absolute atomic E-state index is 0.0352. The lowest BCUT2D eigenvalue weighted by atomic mass is 10.2. The summed E-state index contributed by atoms with van der Waals surface area (Å²) in [6, 6.07) is 9.75. The number of aromatic nitrogens is 2. The molecule has 0 bridgehead atoms. The Bertz CT molecular complexity index is 731. The fourth-order valence-electron chi connectivity index (χ4n) is 2.81. The molecule has 0 unspecified atom stereocenters. The maximum absolute atomic E-state index is 12.2. The largest absolute Gasteiger partial charge is 0.379 e. The number of carbonyl (C=O) groups is 1. The van der Waals surface area contributed by atoms with Crippen molar-refractivity contribution in [2.45, 2.75) is 19.9 Å². The third kappa shape index (κ3) is 5.79. The van der Waals surface area contributed by atoms with Gasteiger partial charge in [-0.15, -0.1) is 0 Å². The fourth-order valence-corrected chi connectivity index (χ4v) is 2.81. The SMILES string of the molecule is Cc1cc(NCc2cccc(NC(=O)CCN3CCOCC3)c2)ncn1. The summed E-state index contributed by atoms with van der Waals surface area (Å²) in [5.41, 5.74) is 2.81. The number of anilines is 2. The second kappa shape index (κ2) is 9.26. The Balaban J connectivity index is 1.47. The zero-order valence-corrected chi connectivity index (χ0v) is 15.1. The molecule has 26 heavy (non-hydrogen) atoms. The molecule has 0 aliphatic carbocycles. The average Bonchev–Trinajstić information content (AvgIpc) is 2.66. The van der Waals surface area contributed by atoms with Crippen LogP contribution in [0.3, 0.4) is 0 Å². The van der Waals surface area contributed by atoms with Gasteiger partial charge in [-0.05, 0) is 24.6 Å². The van der Waals surface area contributed by atoms with Crippen molar-refractivity contribution in [2.75, 3.05) is 43.5 Å². The Labute approximate surface area is 153 Å². The van der Waals surface area contributed by atoms with Crippen molar-refractivity contribution in [3.63, 3.8) is 0 Å². The topological polar surface area (TPSA) is 79.4 Å². The number of ether oxygens (including phenoxy) is 1. The van der Waals surface area contributed by atoms with Crippen LogP contribution < -0.4 is 10.6 Å². The highest BCUT2D eigenvalue weighted by molar-refractivity contribution is 5.90. The molecule has 1 saturated heterocycles. The zero-order valence-electron chi connectivity index (χ0n) is 15.1. The second-order valence-corrected chi connectivity index (χ2v) is 6.35. The van der Waals surface area contributed by atoms with Crippen LogP contribution in [0.4, 0.5) is 11.5 Å². The van der Waals surface area contributed by atoms with Gasteiger partial charge in [0.1, 0.15) is 12.1 Å². The van der Waals surface area contributed by atoms with Crippen molar-refractivity contribution in [1.29, 1.82) is 0 Å². The van der Waals surface area contributed by atoms with Gasteiger partial charge >= 0.3 is 0 Å². The second-order valence-electron chi connectivity index (χ2n) is 6.35. The van der Waals surface area contributed by atoms with E-state index < -0.39 is 0 Å². The quantitative estimate of drug-likeness (QED) is 0.791. The van der Waals surface area contributed by atoms with Crippen LogP contribution in [-0.4, -0.2) is 53.6 Å². The minimum atomic E-state index is 0.0352. The number of benzene rings is 1. The Morgan fingerprint density at radius 1 is 1.23 bits per heavy atom. The number of hydrogen-bond donors (Lipinski definition) is 2. The normalized spacial score (nSPS) is 14.8. The Morgan fingerprint density at radius 2 is 2.08 bits per heavy atom. The van der Waals surface area contributed by atoms with Crippen LogP contribution in [0.2, 0.25) is 0 Å². The summed E-state index contributed by atoms with van der Waals surface area (Å²) in [7, 11) is 0. The van der Waals surface area contributed by atoms with Crippen molar-refractivity contribution in [2.24, 2.45) is 0 Å². The Morgan fingerprint density at radius 3 is 2.88 bits per heavy atom. The Hall–Kier alpha value is -2.51. The first kappa shape index (κ1) is 18.3. The van der Waals surface area contributed by atoms with Gasteiger partial charge < -0.3 is 15.4 Å². The van der Waals surface area contributed by atoms with E-state index in [1.54, 1.807) is 6.33 Å². The summed E-state index contributed by atoms with van der Waals surface area (Å²) in [6.07, 6.45) is 2.03. The maximum Gasteiger partial charge on any atom is 0.225 e. The van der Waals surface area contributed by atoms with E-state index in [0.717, 1.165) is 55.6 Å². The van der Waals surface area contributed by atoms with Crippen LogP contribution in [-0.2, 0) is 16.1 Å². The maximum atomic E-state index is 12.2. The molecule has 2 aromatic rings. The lowest BCUT2D eigenvalue weighted by molar-refractivity contribution is -0.116. The van der Waals surface area contributed by atoms with E-state index in [-0.39, 0.29) is 5.91 Å². The van der Waals surface area contributed by atoms with Crippen LogP contribution in [0, 0.1) is 6.92 Å². The molecule has 138 valence electrons. The highest BCUT2D eigenvalue weighted by atomic mass is 16.5. The first-order valence-corrected chi connectivity index (χ1v) is 8.90. The molecule has 2 heterocycles. The number of carbonyl (C=O) groups excluding carboxylic acids is 1. The van der Waals surface area contributed by atoms with Gasteiger partial charge in [0.2, 0.25) is 5.91 Å². The summed E-state index contributed by atoms with van der Waals surface area (Å²) in [5, 5.41) is 6.25. The lowest BCUT2D eigenvalue weighted by Crippen LogP contribution is -2.38. The van der Waals surface area contributed by atoms with Crippen molar-refractivity contribution >= 4 is 17.4 Å². The van der Waals surface area contributed by atoms with Crippen molar-refractivity contribution < 1.29 is 9.53 Å². The number of rotatable bonds is 7. The first-order chi connectivity index (χ1) is 12.7. The molecular formula is C19H25N5O2. The molecule has 0 atom stereocenters. The molecule has 1 aromatic carbocycles. The van der Waals surface area contributed by atoms with Crippen molar-refractivity contribution in [3.05, 3.63) is 47.9 Å². The minimum Gasteiger partial charge on any atom is -0.379 e. The third-order valence-electron chi connectivity index (χ3n) is 4.25. The molecule has 1 aliphatic rings. The number of morpholine rings is 1. The van der Waals surface area contributed by atoms with Crippen molar-refractivity contribution in [1.82, 2.24) is 14.9 Å². The van der Waals surface area contributed by atoms with E-state index in [1.807, 2.05) is 37.3 Å². The fraction of sp³-hybridized carbons (Fsp3) is 0.421. The number of hydrogen-bond acceptors (Lipinski definition) is 6. The number of nitrogens with one attached hydrogen (secondary N) is 2. The predicted octanol–water partition coefficient (Wildman–Crippen LogP) is 2.06. The van der Waals surface area contributed by atoms with Gasteiger partial charge in [0.05, 0.1) is 13.2 Å². The highest BCUT2D eigenvalue weighted by Gasteiger charge is 2.12. The standard InChI is InChI=1S/C19H25N5O2/c1-15-11-18(22-14-21-15)20-13-16-3-2-4-17(12-16)23-19(25)5-6-24-7-9-26-10-8-24/h2-4,11-12,14H,5-10,13H2,1H3,(H,23,25)(H,20,21,22). The van der Waals surface area contributed by atoms with Gasteiger partial charge in [-0.2, -0.15) is 0 Å². The van der Waals surface area contributed by atoms with Crippen LogP contribution in [0.1, 0.15) is 17.7 Å². The van der Waals surface area contributed by atoms with Crippen LogP contribution in [0.25, 0.3) is 0 Å². The van der Waals surface area contributed by atoms with E-state index in [2.05, 4.69) is 25.5 Å². The molecule has 7 heteroatoms. The predicted molar refractivity (Wildman–Crippen MR) is 101 cm³/mol. The monoisotopic (exact) mass is 355 g/mol. The summed E-state index contributed by atoms with van der Waals surface area (Å²) in [5.74, 6) is 0.825. The molecule has 1 aromatic heterocycles. The molecule has 1 amide bonds. The smallest absolute Gasteiger partial charge is 0.225 e. The summed E-state index contributed by atoms with van der Waals surface area (Å²) in [4.78, 5) is 22.7. The summed E-state index contributed by atoms with van der Waals surface area (Å²) < 4.78 is 5.32. The number of nitrogens with zero attached hydrogens (tertiary/aromatic N) is 3. The van der Waals surface area contributed by atoms with Gasteiger partial charge in [-0.25, -0.2) is 9.97 Å². The lowest BCUT2D eigenvalue weighted by Gasteiger charge is -2.26. The Kier molecular flexibility index (Phi) is 6.51. The number of aryl methyl sites for hydroxylation is 1. The zero-order chi connectivity index (χ0) is 18.2. The third-order valence-corrected chi connectivity index (χ3v) is 4.25. The van der Waals surface area contributed by atoms with E-state index in [0.29, 0.717) is 13.0 Å². The van der Waals surface area contributed by atoms with Gasteiger partial charge in [-0.1, -0.05) is 12.1 Å². The molecule has 0 spiro atoms. The van der Waals surface area contributed by atoms with Gasteiger partial charge in [0, 0.05) is 50.0 Å². The van der Waals surface area contributed by atoms with Gasteiger partial charge in [0.25, 0.3) is 0 Å². The van der Waals surface area contributed by atoms with E-state index in [9.17, 15) is 4.79 Å². The molecule has 3 rings (SSSR count). The highest BCUT2D eigenvalue weighted by Crippen LogP contribution is 2.13. The van der Waals surface area contributed by atoms with Crippen LogP contribution in [0.15, 0.2) is 36.7 Å². The van der Waals surface area contributed by atoms with Crippen molar-refractivity contribution in [3.8, 4) is 0 Å². The number of amides is 1. The molecule has 2 N–H and O–H groups in total. The average molecular weight is 355 g/mol. The molecule has 7 nitrogen and oxygen atoms in total. The van der Waals surface area contributed by atoms with Crippen LogP contribution in [0.5, 0.6) is 0 Å². The molecular weight excluding hydrogens is 330 g/mol. The van der Waals surface area contributed by atoms with Gasteiger partial charge in [0.15, 0.2) is 0 Å². The molecule has 1 fully saturated rings. The molecule has 0 saturated carbocycles. The summed E-state index contributed by atoms with van der Waals surface area (Å²) in [6.45, 7) is 6.64. The summed E-state index contributed by atoms with van der Waals surface area (Å²) >= 11 is 0. The van der Waals surface area contributed by atoms with E-state index in [4.69, 9.17) is 4.74 Å². The van der Waals surface area contributed by atoms with Gasteiger partial charge in [-0.3, -0.25) is 9.69 Å².